The first-order valence-corrected chi connectivity index (χ1v) is 4.22. The molecule has 0 aromatic heterocycles. The van der Waals surface area contributed by atoms with Crippen molar-refractivity contribution in [3.05, 3.63) is 0 Å². The van der Waals surface area contributed by atoms with E-state index in [1.165, 1.54) is 0 Å². The average Bonchev–Trinajstić information content (AvgIpc) is 1.60. The first kappa shape index (κ1) is 18.2. The van der Waals surface area contributed by atoms with Crippen molar-refractivity contribution in [2.75, 3.05) is 0 Å². The van der Waals surface area contributed by atoms with E-state index in [1.54, 1.807) is 0 Å². The van der Waals surface area contributed by atoms with Crippen LogP contribution in [-0.2, 0) is 23.4 Å². The van der Waals surface area contributed by atoms with Gasteiger partial charge in [-0.05, 0) is 6.92 Å². The quantitative estimate of drug-likeness (QED) is 0.499. The van der Waals surface area contributed by atoms with Crippen molar-refractivity contribution in [1.82, 2.24) is 0 Å². The third kappa shape index (κ3) is 8.42. The average molecular weight is 235 g/mol. The number of carboxylic acid groups (broad SMARTS) is 1. The first-order chi connectivity index (χ1) is 4.34. The molecule has 1 radical (unpaired) electrons. The Labute approximate surface area is 82.0 Å². The summed E-state index contributed by atoms with van der Waals surface area (Å²) in [5, 5.41) is 9.77. The van der Waals surface area contributed by atoms with E-state index in [1.807, 2.05) is 0 Å². The number of carbonyl (C=O) groups is 1. The summed E-state index contributed by atoms with van der Waals surface area (Å²) >= 11 is 0. The van der Waals surface area contributed by atoms with Crippen LogP contribution in [0.15, 0.2) is 0 Å². The summed E-state index contributed by atoms with van der Waals surface area (Å²) in [6, 6.07) is 0. The van der Waals surface area contributed by atoms with Gasteiger partial charge in [0.15, 0.2) is 0 Å². The first-order valence-electron chi connectivity index (χ1n) is 2.57. The van der Waals surface area contributed by atoms with Gasteiger partial charge in [-0.3, -0.25) is 4.89 Å². The zero-order valence-corrected chi connectivity index (χ0v) is 8.55. The van der Waals surface area contributed by atoms with E-state index in [4.69, 9.17) is 4.89 Å². The van der Waals surface area contributed by atoms with Crippen molar-refractivity contribution in [2.45, 2.75) is 19.0 Å². The van der Waals surface area contributed by atoms with Gasteiger partial charge in [-0.15, -0.1) is 0 Å². The zero-order chi connectivity index (χ0) is 8.36. The SMILES string of the molecule is CC(CC(=O)[O-])[P+]([O-])([O-])O.O.[V]. The summed E-state index contributed by atoms with van der Waals surface area (Å²) in [6.45, 7) is 1.10. The van der Waals surface area contributed by atoms with Gasteiger partial charge in [-0.2, -0.15) is 0 Å². The summed E-state index contributed by atoms with van der Waals surface area (Å²) < 4.78 is 0. The maximum Gasteiger partial charge on any atom is 0.0889 e. The Morgan fingerprint density at radius 3 is 2.00 bits per heavy atom. The molecule has 0 aliphatic rings. The molecule has 1 unspecified atom stereocenters. The van der Waals surface area contributed by atoms with Gasteiger partial charge in [0.1, 0.15) is 0 Å². The number of rotatable bonds is 3. The predicted molar refractivity (Wildman–Crippen MR) is 31.8 cm³/mol. The molecule has 73 valence electrons. The minimum atomic E-state index is -4.48. The van der Waals surface area contributed by atoms with Crippen LogP contribution in [0.4, 0.5) is 0 Å². The molecule has 1 atom stereocenters. The molecule has 0 saturated carbocycles. The second-order valence-electron chi connectivity index (χ2n) is 1.99. The van der Waals surface area contributed by atoms with E-state index in [-0.39, 0.29) is 24.0 Å². The van der Waals surface area contributed by atoms with Crippen LogP contribution in [0.3, 0.4) is 0 Å². The second-order valence-corrected chi connectivity index (χ2v) is 4.00. The Kier molecular flexibility index (Phi) is 10.3. The van der Waals surface area contributed by atoms with E-state index >= 15 is 0 Å². The topological polar surface area (TPSA) is 138 Å². The number of carboxylic acids is 1. The van der Waals surface area contributed by atoms with Crippen LogP contribution in [0.1, 0.15) is 13.3 Å². The van der Waals surface area contributed by atoms with Crippen molar-refractivity contribution in [2.24, 2.45) is 0 Å². The fourth-order valence-corrected chi connectivity index (χ4v) is 0.736. The Morgan fingerprint density at radius 1 is 1.58 bits per heavy atom. The molecule has 0 aliphatic heterocycles. The van der Waals surface area contributed by atoms with Gasteiger partial charge in [0, 0.05) is 38.9 Å². The van der Waals surface area contributed by atoms with Crippen molar-refractivity contribution in [3.8, 4) is 0 Å². The van der Waals surface area contributed by atoms with Gasteiger partial charge in [-0.1, -0.05) is 0 Å². The molecular weight excluding hydrogens is 226 g/mol. The van der Waals surface area contributed by atoms with Crippen molar-refractivity contribution in [1.29, 1.82) is 0 Å². The maximum absolute atomic E-state index is 10.2. The number of aliphatic carboxylic acids is 1. The van der Waals surface area contributed by atoms with Crippen LogP contribution < -0.4 is 14.9 Å². The van der Waals surface area contributed by atoms with Crippen molar-refractivity contribution >= 4 is 13.9 Å². The molecule has 3 N–H and O–H groups in total. The van der Waals surface area contributed by atoms with Gasteiger partial charge in [0.05, 0.1) is 5.66 Å². The van der Waals surface area contributed by atoms with E-state index in [0.717, 1.165) is 6.92 Å². The molecule has 0 spiro atoms. The number of hydrogen-bond acceptors (Lipinski definition) is 5. The Balaban J connectivity index is -0.000000405. The molecule has 6 nitrogen and oxygen atoms in total. The minimum absolute atomic E-state index is 0. The smallest absolute Gasteiger partial charge is 0.0889 e. The summed E-state index contributed by atoms with van der Waals surface area (Å²) in [4.78, 5) is 38.3. The van der Waals surface area contributed by atoms with Crippen LogP contribution in [0, 0.1) is 0 Å². The van der Waals surface area contributed by atoms with Crippen LogP contribution >= 0.6 is 7.94 Å². The molecule has 0 rings (SSSR count). The van der Waals surface area contributed by atoms with Crippen LogP contribution in [0.5, 0.6) is 0 Å². The van der Waals surface area contributed by atoms with E-state index in [2.05, 4.69) is 0 Å². The Bertz CT molecular complexity index is 134. The molecule has 0 amide bonds. The third-order valence-electron chi connectivity index (χ3n) is 1.02. The van der Waals surface area contributed by atoms with Gasteiger partial charge >= 0.3 is 0 Å². The second kappa shape index (κ2) is 6.80. The molecule has 12 heavy (non-hydrogen) atoms. The Morgan fingerprint density at radius 2 is 1.92 bits per heavy atom. The van der Waals surface area contributed by atoms with Gasteiger partial charge < -0.3 is 25.2 Å². The summed E-state index contributed by atoms with van der Waals surface area (Å²) in [5.74, 6) is -1.49. The molecular formula is C4H9O6PV-2. The molecule has 0 bridgehead atoms. The van der Waals surface area contributed by atoms with Gasteiger partial charge in [0.25, 0.3) is 0 Å². The number of hydrogen-bond donors (Lipinski definition) is 1. The van der Waals surface area contributed by atoms with Gasteiger partial charge in [-0.25, -0.2) is 0 Å². The molecule has 0 aliphatic carbocycles. The summed E-state index contributed by atoms with van der Waals surface area (Å²) in [6.07, 6.45) is -0.669. The van der Waals surface area contributed by atoms with Crippen molar-refractivity contribution < 1.29 is 48.6 Å². The van der Waals surface area contributed by atoms with Gasteiger partial charge in [0.2, 0.25) is 0 Å². The normalized spacial score (nSPS) is 12.3. The maximum atomic E-state index is 10.2. The third-order valence-corrected chi connectivity index (χ3v) is 2.32. The fraction of sp³-hybridized carbons (Fsp3) is 0.750. The summed E-state index contributed by atoms with van der Waals surface area (Å²) in [7, 11) is -4.48. The van der Waals surface area contributed by atoms with E-state index in [9.17, 15) is 19.7 Å². The van der Waals surface area contributed by atoms with E-state index < -0.39 is 26.0 Å². The minimum Gasteiger partial charge on any atom is -0.659 e. The number of carbonyl (C=O) groups excluding carboxylic acids is 1. The van der Waals surface area contributed by atoms with Crippen molar-refractivity contribution in [3.63, 3.8) is 0 Å². The molecule has 0 aromatic rings. The molecule has 8 heteroatoms. The molecule has 0 aromatic carbocycles. The van der Waals surface area contributed by atoms with Crippen LogP contribution in [0.25, 0.3) is 0 Å². The summed E-state index contributed by atoms with van der Waals surface area (Å²) in [5.41, 5.74) is -1.27. The van der Waals surface area contributed by atoms with Crippen LogP contribution in [0.2, 0.25) is 0 Å². The zero-order valence-electron chi connectivity index (χ0n) is 6.26. The predicted octanol–water partition coefficient (Wildman–Crippen LogP) is -3.84. The Hall–Kier alpha value is 0.324. The standard InChI is InChI=1S/C4H9O5P.H2O.V/c1-3(2-4(5)6)10(7,8)9;;/h3H,2H2,1H3,(H,5,6)(H2,7,8,9);1H2;/p-2. The molecule has 0 fully saturated rings. The van der Waals surface area contributed by atoms with Crippen LogP contribution in [-0.4, -0.2) is 22.0 Å². The van der Waals surface area contributed by atoms with E-state index in [0.29, 0.717) is 0 Å². The molecule has 0 saturated heterocycles. The monoisotopic (exact) mass is 235 g/mol. The molecule has 0 heterocycles. The largest absolute Gasteiger partial charge is 0.659 e. The fourth-order valence-electron chi connectivity index (χ4n) is 0.357.